The van der Waals surface area contributed by atoms with E-state index in [1.165, 1.54) is 19.3 Å². The molecule has 0 unspecified atom stereocenters. The van der Waals surface area contributed by atoms with E-state index >= 15 is 0 Å². The number of Topliss-reactive ketones (excluding diaryl/α,β-unsaturated/α-hetero) is 2. The zero-order valence-corrected chi connectivity index (χ0v) is 16.4. The Kier molecular flexibility index (Phi) is 6.91. The average molecular weight is 398 g/mol. The third-order valence-corrected chi connectivity index (χ3v) is 7.40. The molecule has 4 heteroatoms. The molecule has 3 rings (SSSR count). The molecule has 0 spiro atoms. The maximum atomic E-state index is 12.7. The molecule has 1 heterocycles. The van der Waals surface area contributed by atoms with Crippen LogP contribution in [0.2, 0.25) is 0 Å². The highest BCUT2D eigenvalue weighted by Gasteiger charge is 2.32. The highest BCUT2D eigenvalue weighted by atomic mass is 79.9. The summed E-state index contributed by atoms with van der Waals surface area (Å²) in [6, 6.07) is 0. The van der Waals surface area contributed by atoms with Crippen LogP contribution in [0, 0.1) is 17.8 Å². The van der Waals surface area contributed by atoms with Gasteiger partial charge in [0.05, 0.1) is 6.54 Å². The van der Waals surface area contributed by atoms with E-state index < -0.39 is 0 Å². The molecule has 0 aromatic heterocycles. The molecule has 0 N–H and O–H groups in total. The fourth-order valence-electron chi connectivity index (χ4n) is 4.82. The first-order valence-electron chi connectivity index (χ1n) is 10.1. The number of carbonyl (C=O) groups is 2. The van der Waals surface area contributed by atoms with Gasteiger partial charge in [-0.2, -0.15) is 0 Å². The standard InChI is InChI=1S/C20H32BrNO2/c21-18-8-6-15(7-9-18)19(23)14-22-12-10-17(11-13-22)20(24)16-4-2-1-3-5-16/h15-18H,1-14H2. The molecule has 2 saturated carbocycles. The van der Waals surface area contributed by atoms with Crippen LogP contribution in [0.1, 0.15) is 70.6 Å². The maximum absolute atomic E-state index is 12.7. The summed E-state index contributed by atoms with van der Waals surface area (Å²) in [6.45, 7) is 2.48. The molecule has 0 aromatic rings. The second-order valence-electron chi connectivity index (χ2n) is 8.20. The van der Waals surface area contributed by atoms with Crippen LogP contribution in [0.25, 0.3) is 0 Å². The smallest absolute Gasteiger partial charge is 0.149 e. The molecule has 24 heavy (non-hydrogen) atoms. The Morgan fingerprint density at radius 2 is 1.33 bits per heavy atom. The van der Waals surface area contributed by atoms with E-state index in [2.05, 4.69) is 20.8 Å². The summed E-state index contributed by atoms with van der Waals surface area (Å²) >= 11 is 3.66. The lowest BCUT2D eigenvalue weighted by Crippen LogP contribution is -2.42. The van der Waals surface area contributed by atoms with Crippen molar-refractivity contribution < 1.29 is 9.59 Å². The van der Waals surface area contributed by atoms with Crippen molar-refractivity contribution in [3.63, 3.8) is 0 Å². The van der Waals surface area contributed by atoms with E-state index in [1.807, 2.05) is 0 Å². The normalized spacial score (nSPS) is 31.0. The van der Waals surface area contributed by atoms with Crippen molar-refractivity contribution in [3.8, 4) is 0 Å². The van der Waals surface area contributed by atoms with Crippen LogP contribution in [0.5, 0.6) is 0 Å². The first-order valence-corrected chi connectivity index (χ1v) is 11.0. The number of carbonyl (C=O) groups excluding carboxylic acids is 2. The van der Waals surface area contributed by atoms with E-state index in [9.17, 15) is 9.59 Å². The number of alkyl halides is 1. The maximum Gasteiger partial charge on any atom is 0.149 e. The number of hydrogen-bond donors (Lipinski definition) is 0. The van der Waals surface area contributed by atoms with Gasteiger partial charge in [0, 0.05) is 22.6 Å². The fourth-order valence-corrected chi connectivity index (χ4v) is 5.35. The zero-order chi connectivity index (χ0) is 16.9. The molecule has 0 amide bonds. The van der Waals surface area contributed by atoms with Crippen molar-refractivity contribution in [3.05, 3.63) is 0 Å². The average Bonchev–Trinajstić information content (AvgIpc) is 2.63. The van der Waals surface area contributed by atoms with Crippen molar-refractivity contribution in [2.45, 2.75) is 75.5 Å². The van der Waals surface area contributed by atoms with Gasteiger partial charge in [-0.05, 0) is 64.5 Å². The van der Waals surface area contributed by atoms with Gasteiger partial charge in [0.25, 0.3) is 0 Å². The van der Waals surface area contributed by atoms with Gasteiger partial charge in [-0.3, -0.25) is 14.5 Å². The summed E-state index contributed by atoms with van der Waals surface area (Å²) in [7, 11) is 0. The van der Waals surface area contributed by atoms with Gasteiger partial charge >= 0.3 is 0 Å². The molecule has 2 aliphatic carbocycles. The van der Waals surface area contributed by atoms with E-state index in [4.69, 9.17) is 0 Å². The summed E-state index contributed by atoms with van der Waals surface area (Å²) in [5.74, 6) is 1.86. The number of ketones is 2. The summed E-state index contributed by atoms with van der Waals surface area (Å²) in [4.78, 5) is 28.1. The van der Waals surface area contributed by atoms with Crippen LogP contribution in [-0.2, 0) is 9.59 Å². The summed E-state index contributed by atoms with van der Waals surface area (Å²) in [5, 5.41) is 0. The number of halogens is 1. The number of hydrogen-bond acceptors (Lipinski definition) is 3. The van der Waals surface area contributed by atoms with E-state index in [1.54, 1.807) is 0 Å². The Labute approximate surface area is 155 Å². The third-order valence-electron chi connectivity index (χ3n) is 6.49. The Morgan fingerprint density at radius 3 is 1.96 bits per heavy atom. The second-order valence-corrected chi connectivity index (χ2v) is 9.50. The van der Waals surface area contributed by atoms with Gasteiger partial charge in [-0.15, -0.1) is 0 Å². The molecule has 0 radical (unpaired) electrons. The van der Waals surface area contributed by atoms with Crippen LogP contribution in [-0.4, -0.2) is 40.9 Å². The summed E-state index contributed by atoms with van der Waals surface area (Å²) in [5.41, 5.74) is 0. The van der Waals surface area contributed by atoms with Gasteiger partial charge in [-0.25, -0.2) is 0 Å². The highest BCUT2D eigenvalue weighted by molar-refractivity contribution is 9.09. The van der Waals surface area contributed by atoms with Gasteiger partial charge < -0.3 is 0 Å². The monoisotopic (exact) mass is 397 g/mol. The van der Waals surface area contributed by atoms with Gasteiger partial charge in [0.15, 0.2) is 0 Å². The summed E-state index contributed by atoms with van der Waals surface area (Å²) in [6.07, 6.45) is 12.3. The van der Waals surface area contributed by atoms with Crippen molar-refractivity contribution in [2.24, 2.45) is 17.8 Å². The first kappa shape index (κ1) is 18.6. The number of likely N-dealkylation sites (tertiary alicyclic amines) is 1. The van der Waals surface area contributed by atoms with Crippen LogP contribution in [0.4, 0.5) is 0 Å². The van der Waals surface area contributed by atoms with Gasteiger partial charge in [0.2, 0.25) is 0 Å². The minimum atomic E-state index is 0.267. The number of nitrogens with zero attached hydrogens (tertiary/aromatic N) is 1. The molecule has 0 bridgehead atoms. The van der Waals surface area contributed by atoms with Gasteiger partial charge in [0.1, 0.15) is 11.6 Å². The predicted molar refractivity (Wildman–Crippen MR) is 100 cm³/mol. The Hall–Kier alpha value is -0.220. The topological polar surface area (TPSA) is 37.4 Å². The SMILES string of the molecule is O=C(CN1CCC(C(=O)C2CCCCC2)CC1)C1CCC(Br)CC1. The van der Waals surface area contributed by atoms with Crippen molar-refractivity contribution in [1.29, 1.82) is 0 Å². The van der Waals surface area contributed by atoms with E-state index in [0.717, 1.165) is 64.5 Å². The Bertz CT molecular complexity index is 431. The molecule has 3 nitrogen and oxygen atoms in total. The molecule has 3 fully saturated rings. The molecular weight excluding hydrogens is 366 g/mol. The predicted octanol–water partition coefficient (Wildman–Crippen LogP) is 4.37. The summed E-state index contributed by atoms with van der Waals surface area (Å²) < 4.78 is 0. The van der Waals surface area contributed by atoms with Crippen molar-refractivity contribution in [1.82, 2.24) is 4.90 Å². The first-order chi connectivity index (χ1) is 11.6. The minimum absolute atomic E-state index is 0.267. The van der Waals surface area contributed by atoms with Crippen molar-refractivity contribution >= 4 is 27.5 Å². The van der Waals surface area contributed by atoms with Gasteiger partial charge in [-0.1, -0.05) is 35.2 Å². The molecule has 0 aromatic carbocycles. The molecule has 0 atom stereocenters. The van der Waals surface area contributed by atoms with Crippen LogP contribution < -0.4 is 0 Å². The molecular formula is C20H32BrNO2. The number of rotatable bonds is 5. The van der Waals surface area contributed by atoms with Crippen LogP contribution in [0.3, 0.4) is 0 Å². The quantitative estimate of drug-likeness (QED) is 0.646. The minimum Gasteiger partial charge on any atom is -0.299 e. The van der Waals surface area contributed by atoms with Crippen LogP contribution >= 0.6 is 15.9 Å². The molecule has 1 aliphatic heterocycles. The Morgan fingerprint density at radius 1 is 0.750 bits per heavy atom. The van der Waals surface area contributed by atoms with Crippen molar-refractivity contribution in [2.75, 3.05) is 19.6 Å². The lowest BCUT2D eigenvalue weighted by molar-refractivity contribution is -0.129. The van der Waals surface area contributed by atoms with E-state index in [-0.39, 0.29) is 11.8 Å². The zero-order valence-electron chi connectivity index (χ0n) is 14.9. The third kappa shape index (κ3) is 4.91. The Balaban J connectivity index is 1.40. The van der Waals surface area contributed by atoms with E-state index in [0.29, 0.717) is 28.9 Å². The lowest BCUT2D eigenvalue weighted by Gasteiger charge is -2.34. The fraction of sp³-hybridized carbons (Fsp3) is 0.900. The largest absolute Gasteiger partial charge is 0.299 e. The number of piperidine rings is 1. The molecule has 136 valence electrons. The second kappa shape index (κ2) is 8.93. The molecule has 1 saturated heterocycles. The molecule has 3 aliphatic rings. The van der Waals surface area contributed by atoms with Crippen LogP contribution in [0.15, 0.2) is 0 Å². The highest BCUT2D eigenvalue weighted by Crippen LogP contribution is 2.31. The lowest BCUT2D eigenvalue weighted by atomic mass is 9.78.